The summed E-state index contributed by atoms with van der Waals surface area (Å²) in [6.07, 6.45) is 0.588. The fourth-order valence-corrected chi connectivity index (χ4v) is 6.38. The summed E-state index contributed by atoms with van der Waals surface area (Å²) in [5, 5.41) is 6.27. The highest BCUT2D eigenvalue weighted by Crippen LogP contribution is 2.34. The second-order valence-electron chi connectivity index (χ2n) is 13.0. The van der Waals surface area contributed by atoms with Gasteiger partial charge < -0.3 is 25.2 Å². The van der Waals surface area contributed by atoms with Crippen molar-refractivity contribution in [2.75, 3.05) is 75.1 Å². The topological polar surface area (TPSA) is 90.0 Å². The lowest BCUT2D eigenvalue weighted by Crippen LogP contribution is -2.41. The minimum Gasteiger partial charge on any atom is -0.381 e. The molecule has 51 heavy (non-hydrogen) atoms. The largest absolute Gasteiger partial charge is 0.416 e. The van der Waals surface area contributed by atoms with Gasteiger partial charge in [-0.2, -0.15) is 13.2 Å². The number of amides is 2. The highest BCUT2D eigenvalue weighted by molar-refractivity contribution is 6.08. The summed E-state index contributed by atoms with van der Waals surface area (Å²) < 4.78 is 45.2. The molecule has 4 aromatic rings. The van der Waals surface area contributed by atoms with Crippen molar-refractivity contribution in [3.63, 3.8) is 0 Å². The van der Waals surface area contributed by atoms with Crippen LogP contribution in [0.2, 0.25) is 0 Å². The van der Waals surface area contributed by atoms with Crippen LogP contribution in [0.15, 0.2) is 85.1 Å². The lowest BCUT2D eigenvalue weighted by Gasteiger charge is -2.29. The van der Waals surface area contributed by atoms with Crippen molar-refractivity contribution in [3.05, 3.63) is 107 Å². The van der Waals surface area contributed by atoms with Gasteiger partial charge in [-0.3, -0.25) is 19.5 Å². The van der Waals surface area contributed by atoms with Gasteiger partial charge in [0.2, 0.25) is 0 Å². The van der Waals surface area contributed by atoms with E-state index in [1.165, 1.54) is 12.5 Å². The van der Waals surface area contributed by atoms with Crippen LogP contribution in [-0.4, -0.2) is 86.1 Å². The minimum absolute atomic E-state index is 0.164. The van der Waals surface area contributed by atoms with E-state index in [0.717, 1.165) is 63.4 Å². The molecule has 0 aliphatic carbocycles. The molecule has 0 saturated carbocycles. The fraction of sp³-hybridized carbons (Fsp3) is 0.359. The van der Waals surface area contributed by atoms with Crippen molar-refractivity contribution < 1.29 is 27.5 Å². The Kier molecular flexibility index (Phi) is 11.5. The molecule has 2 aliphatic heterocycles. The summed E-state index contributed by atoms with van der Waals surface area (Å²) in [5.41, 5.74) is 4.08. The summed E-state index contributed by atoms with van der Waals surface area (Å²) in [4.78, 5) is 37.9. The van der Waals surface area contributed by atoms with Crippen LogP contribution in [0.25, 0.3) is 11.3 Å². The summed E-state index contributed by atoms with van der Waals surface area (Å²) in [6.45, 7) is 6.42. The number of ether oxygens (including phenoxy) is 1. The smallest absolute Gasteiger partial charge is 0.381 e. The van der Waals surface area contributed by atoms with Gasteiger partial charge in [0.1, 0.15) is 0 Å². The van der Waals surface area contributed by atoms with E-state index in [1.54, 1.807) is 54.5 Å². The van der Waals surface area contributed by atoms with Crippen molar-refractivity contribution in [2.45, 2.75) is 32.0 Å². The molecule has 2 N–H and O–H groups in total. The van der Waals surface area contributed by atoms with Gasteiger partial charge in [0.15, 0.2) is 0 Å². The summed E-state index contributed by atoms with van der Waals surface area (Å²) in [5.74, 6) is -0.533. The Balaban J connectivity index is 1.21. The third kappa shape index (κ3) is 9.44. The molecule has 0 bridgehead atoms. The Bertz CT molecular complexity index is 1820. The number of alkyl halides is 3. The number of hydrogen-bond donors (Lipinski definition) is 2. The lowest BCUT2D eigenvalue weighted by molar-refractivity contribution is -0.137. The predicted molar refractivity (Wildman–Crippen MR) is 193 cm³/mol. The maximum absolute atomic E-state index is 13.7. The normalized spacial score (nSPS) is 15.3. The molecule has 9 nitrogen and oxygen atoms in total. The Hall–Kier alpha value is -4.94. The molecule has 3 heterocycles. The second-order valence-corrected chi connectivity index (χ2v) is 13.0. The van der Waals surface area contributed by atoms with E-state index in [2.05, 4.69) is 25.4 Å². The van der Waals surface area contributed by atoms with Gasteiger partial charge in [-0.15, -0.1) is 0 Å². The van der Waals surface area contributed by atoms with Crippen molar-refractivity contribution in [2.24, 2.45) is 0 Å². The van der Waals surface area contributed by atoms with Crippen LogP contribution in [0.4, 0.5) is 30.2 Å². The number of aromatic nitrogens is 1. The molecule has 268 valence electrons. The maximum Gasteiger partial charge on any atom is 0.416 e. The Labute approximate surface area is 296 Å². The van der Waals surface area contributed by atoms with Gasteiger partial charge in [-0.1, -0.05) is 18.2 Å². The van der Waals surface area contributed by atoms with Crippen molar-refractivity contribution in [1.82, 2.24) is 14.8 Å². The summed E-state index contributed by atoms with van der Waals surface area (Å²) in [6, 6.07) is 21.4. The van der Waals surface area contributed by atoms with Gasteiger partial charge in [0.05, 0.1) is 30.2 Å². The number of piperidine rings is 1. The summed E-state index contributed by atoms with van der Waals surface area (Å²) in [7, 11) is 1.77. The van der Waals surface area contributed by atoms with Gasteiger partial charge in [0.25, 0.3) is 11.8 Å². The van der Waals surface area contributed by atoms with E-state index in [0.29, 0.717) is 59.1 Å². The lowest BCUT2D eigenvalue weighted by atomic mass is 10.0. The predicted octanol–water partition coefficient (Wildman–Crippen LogP) is 7.03. The van der Waals surface area contributed by atoms with Gasteiger partial charge in [-0.05, 0) is 85.5 Å². The monoisotopic (exact) mass is 700 g/mol. The minimum atomic E-state index is -4.42. The van der Waals surface area contributed by atoms with E-state index >= 15 is 0 Å². The number of halogens is 3. The molecule has 2 saturated heterocycles. The summed E-state index contributed by atoms with van der Waals surface area (Å²) >= 11 is 0. The average Bonchev–Trinajstić information content (AvgIpc) is 3.16. The molecule has 3 aromatic carbocycles. The van der Waals surface area contributed by atoms with E-state index in [1.807, 2.05) is 24.3 Å². The first-order chi connectivity index (χ1) is 24.6. The number of pyridine rings is 1. The zero-order valence-corrected chi connectivity index (χ0v) is 28.7. The number of nitrogens with one attached hydrogen (secondary N) is 2. The van der Waals surface area contributed by atoms with Crippen LogP contribution in [0.1, 0.15) is 51.1 Å². The molecule has 12 heteroatoms. The van der Waals surface area contributed by atoms with Gasteiger partial charge in [-0.25, -0.2) is 0 Å². The molecule has 1 aromatic heterocycles. The van der Waals surface area contributed by atoms with Crippen molar-refractivity contribution >= 4 is 28.9 Å². The second kappa shape index (κ2) is 16.4. The number of nitrogens with zero attached hydrogens (tertiary/aromatic N) is 4. The maximum atomic E-state index is 13.7. The quantitative estimate of drug-likeness (QED) is 0.174. The third-order valence-electron chi connectivity index (χ3n) is 9.33. The number of benzene rings is 3. The number of likely N-dealkylation sites (N-methyl/N-ethyl adjacent to an activating group) is 1. The molecule has 0 atom stereocenters. The third-order valence-corrected chi connectivity index (χ3v) is 9.33. The number of carbonyl (C=O) groups excluding carboxylic acids is 2. The number of hydrogen-bond acceptors (Lipinski definition) is 7. The van der Waals surface area contributed by atoms with Gasteiger partial charge in [0, 0.05) is 87.1 Å². The van der Waals surface area contributed by atoms with E-state index in [9.17, 15) is 22.8 Å². The number of carbonyl (C=O) groups is 2. The van der Waals surface area contributed by atoms with E-state index < -0.39 is 11.7 Å². The SMILES string of the molecule is CN(CCN1CCOCC1)C(=O)c1cccc(C(=O)Nc2ccc(N3CCCCC3)cc2-c2cc(NCc3cccc(C(F)(F)F)c3)ccn2)c1. The van der Waals surface area contributed by atoms with Crippen molar-refractivity contribution in [3.8, 4) is 11.3 Å². The zero-order chi connectivity index (χ0) is 35.8. The first kappa shape index (κ1) is 35.9. The molecular formula is C39H43F3N6O3. The Morgan fingerprint density at radius 3 is 2.43 bits per heavy atom. The van der Waals surface area contributed by atoms with Crippen LogP contribution >= 0.6 is 0 Å². The zero-order valence-electron chi connectivity index (χ0n) is 28.7. The van der Waals surface area contributed by atoms with Crippen LogP contribution in [0.3, 0.4) is 0 Å². The molecule has 0 unspecified atom stereocenters. The van der Waals surface area contributed by atoms with Gasteiger partial charge >= 0.3 is 6.18 Å². The molecule has 6 rings (SSSR count). The first-order valence-corrected chi connectivity index (χ1v) is 17.4. The Morgan fingerprint density at radius 1 is 0.882 bits per heavy atom. The number of morpholine rings is 1. The fourth-order valence-electron chi connectivity index (χ4n) is 6.38. The van der Waals surface area contributed by atoms with Crippen LogP contribution in [0.5, 0.6) is 0 Å². The highest BCUT2D eigenvalue weighted by atomic mass is 19.4. The van der Waals surface area contributed by atoms with Crippen molar-refractivity contribution in [1.29, 1.82) is 0 Å². The number of rotatable bonds is 11. The van der Waals surface area contributed by atoms with Crippen LogP contribution in [0, 0.1) is 0 Å². The number of anilines is 3. The average molecular weight is 701 g/mol. The molecule has 2 aliphatic rings. The molecule has 2 fully saturated rings. The van der Waals surface area contributed by atoms with E-state index in [4.69, 9.17) is 4.74 Å². The van der Waals surface area contributed by atoms with Crippen LogP contribution < -0.4 is 15.5 Å². The molecule has 0 spiro atoms. The first-order valence-electron chi connectivity index (χ1n) is 17.4. The van der Waals surface area contributed by atoms with E-state index in [-0.39, 0.29) is 18.4 Å². The molecular weight excluding hydrogens is 657 g/mol. The highest BCUT2D eigenvalue weighted by Gasteiger charge is 2.30. The van der Waals surface area contributed by atoms with Crippen LogP contribution in [-0.2, 0) is 17.5 Å². The standard InChI is InChI=1S/C39H43F3N6O3/c1-46(17-18-47-19-21-51-22-20-47)38(50)30-9-6-8-29(24-30)37(49)45-35-12-11-33(48-15-3-2-4-16-48)26-34(35)36-25-32(13-14-43-36)44-27-28-7-5-10-31(23-28)39(40,41)42/h5-14,23-26H,2-4,15-22,27H2,1H3,(H,43,44)(H,45,49). The molecule has 2 amide bonds. The Morgan fingerprint density at radius 2 is 1.65 bits per heavy atom. The molecule has 0 radical (unpaired) electrons.